The summed E-state index contributed by atoms with van der Waals surface area (Å²) in [4.78, 5) is 24.6. The van der Waals surface area contributed by atoms with Gasteiger partial charge in [0.05, 0.1) is 29.0 Å². The molecule has 0 aliphatic carbocycles. The first kappa shape index (κ1) is 29.4. The number of carboxylic acids is 1. The van der Waals surface area contributed by atoms with E-state index in [0.717, 1.165) is 16.9 Å². The van der Waals surface area contributed by atoms with E-state index in [1.165, 1.54) is 6.07 Å². The molecular weight excluding hydrogens is 594 g/mol. The molecule has 2 aromatic rings. The van der Waals surface area contributed by atoms with Crippen molar-refractivity contribution in [2.45, 2.75) is 58.0 Å². The minimum Gasteiger partial charge on any atom is -0.481 e. The molecule has 192 valence electrons. The number of amides is 1. The van der Waals surface area contributed by atoms with E-state index in [1.807, 2.05) is 20.8 Å². The average molecular weight is 624 g/mol. The normalized spacial score (nSPS) is 15.4. The predicted octanol–water partition coefficient (Wildman–Crippen LogP) is 8.01. The molecule has 0 radical (unpaired) electrons. The van der Waals surface area contributed by atoms with Crippen molar-refractivity contribution >= 4 is 51.8 Å². The maximum Gasteiger partial charge on any atom is 0.392 e. The van der Waals surface area contributed by atoms with Gasteiger partial charge in [-0.2, -0.15) is 13.2 Å². The van der Waals surface area contributed by atoms with Crippen molar-refractivity contribution in [2.24, 2.45) is 11.8 Å². The summed E-state index contributed by atoms with van der Waals surface area (Å²) < 4.78 is 42.1. The Morgan fingerprint density at radius 3 is 2.03 bits per heavy atom. The Kier molecular flexibility index (Phi) is 10.4. The van der Waals surface area contributed by atoms with Gasteiger partial charge in [-0.05, 0) is 46.6 Å². The summed E-state index contributed by atoms with van der Waals surface area (Å²) in [6, 6.07) is 11.4. The number of benzene rings is 2. The molecule has 2 N–H and O–H groups in total. The molecule has 1 amide bonds. The van der Waals surface area contributed by atoms with Gasteiger partial charge in [-0.3, -0.25) is 9.59 Å². The summed E-state index contributed by atoms with van der Waals surface area (Å²) in [6.45, 7) is 6.77. The first-order valence-corrected chi connectivity index (χ1v) is 13.2. The van der Waals surface area contributed by atoms with Crippen LogP contribution in [-0.4, -0.2) is 27.6 Å². The van der Waals surface area contributed by atoms with Crippen LogP contribution in [0.4, 0.5) is 18.9 Å². The van der Waals surface area contributed by atoms with Gasteiger partial charge in [-0.15, -0.1) is 0 Å². The van der Waals surface area contributed by atoms with E-state index in [2.05, 4.69) is 27.9 Å². The lowest BCUT2D eigenvalue weighted by Crippen LogP contribution is -2.34. The van der Waals surface area contributed by atoms with Crippen LogP contribution in [0.3, 0.4) is 0 Å². The van der Waals surface area contributed by atoms with Crippen LogP contribution in [0.15, 0.2) is 42.5 Å². The highest BCUT2D eigenvalue weighted by atomic mass is 127. The van der Waals surface area contributed by atoms with Gasteiger partial charge in [-0.25, -0.2) is 0 Å². The lowest BCUT2D eigenvalue weighted by molar-refractivity contribution is -0.178. The number of anilines is 1. The highest BCUT2D eigenvalue weighted by Crippen LogP contribution is 2.39. The Bertz CT molecular complexity index is 1030. The van der Waals surface area contributed by atoms with E-state index in [0.29, 0.717) is 5.56 Å². The number of hydrogen-bond acceptors (Lipinski definition) is 2. The Balaban J connectivity index is 2.44. The molecule has 0 aromatic heterocycles. The minimum absolute atomic E-state index is 0.0164. The SMILES string of the molecule is CC(CI)c1ccc([C@@H](C(=O)Nc2cc(C(CC(=O)O)C(C)C)ccc2Cl)[C@@H](C)C(F)(F)F)cc1. The maximum absolute atomic E-state index is 13.7. The Hall–Kier alpha value is -1.81. The van der Waals surface area contributed by atoms with Crippen LogP contribution in [-0.2, 0) is 9.59 Å². The van der Waals surface area contributed by atoms with Crippen LogP contribution in [0.2, 0.25) is 5.02 Å². The van der Waals surface area contributed by atoms with Crippen molar-refractivity contribution in [3.8, 4) is 0 Å². The van der Waals surface area contributed by atoms with E-state index in [-0.39, 0.29) is 40.4 Å². The zero-order valence-electron chi connectivity index (χ0n) is 20.0. The number of alkyl halides is 4. The highest BCUT2D eigenvalue weighted by molar-refractivity contribution is 14.1. The second-order valence-corrected chi connectivity index (χ2v) is 10.5. The molecule has 35 heavy (non-hydrogen) atoms. The lowest BCUT2D eigenvalue weighted by Gasteiger charge is -2.27. The van der Waals surface area contributed by atoms with Crippen molar-refractivity contribution in [2.75, 3.05) is 9.74 Å². The van der Waals surface area contributed by atoms with Crippen molar-refractivity contribution in [3.63, 3.8) is 0 Å². The summed E-state index contributed by atoms with van der Waals surface area (Å²) in [5.74, 6) is -5.36. The van der Waals surface area contributed by atoms with E-state index < -0.39 is 29.9 Å². The zero-order chi connectivity index (χ0) is 26.5. The Morgan fingerprint density at radius 1 is 1.00 bits per heavy atom. The first-order valence-electron chi connectivity index (χ1n) is 11.3. The van der Waals surface area contributed by atoms with Crippen molar-refractivity contribution < 1.29 is 27.9 Å². The van der Waals surface area contributed by atoms with Gasteiger partial charge in [0.15, 0.2) is 0 Å². The monoisotopic (exact) mass is 623 g/mol. The molecule has 0 saturated carbocycles. The average Bonchev–Trinajstić information content (AvgIpc) is 2.78. The zero-order valence-corrected chi connectivity index (χ0v) is 22.9. The number of carbonyl (C=O) groups is 2. The summed E-state index contributed by atoms with van der Waals surface area (Å²) in [7, 11) is 0. The summed E-state index contributed by atoms with van der Waals surface area (Å²) in [5.41, 5.74) is 2.03. The third-order valence-corrected chi connectivity index (χ3v) is 7.92. The summed E-state index contributed by atoms with van der Waals surface area (Å²) >= 11 is 8.51. The molecular formula is C26H30ClF3INO3. The van der Waals surface area contributed by atoms with Gasteiger partial charge in [0.1, 0.15) is 0 Å². The van der Waals surface area contributed by atoms with Crippen LogP contribution in [0.1, 0.15) is 68.6 Å². The molecule has 0 aliphatic rings. The van der Waals surface area contributed by atoms with Gasteiger partial charge < -0.3 is 10.4 Å². The van der Waals surface area contributed by atoms with E-state index in [9.17, 15) is 27.9 Å². The second kappa shape index (κ2) is 12.4. The second-order valence-electron chi connectivity index (χ2n) is 9.21. The topological polar surface area (TPSA) is 66.4 Å². The molecule has 0 spiro atoms. The van der Waals surface area contributed by atoms with Crippen molar-refractivity contribution in [1.82, 2.24) is 0 Å². The fraction of sp³-hybridized carbons (Fsp3) is 0.462. The number of carboxylic acid groups (broad SMARTS) is 1. The minimum atomic E-state index is -4.59. The molecule has 2 rings (SSSR count). The van der Waals surface area contributed by atoms with Gasteiger partial charge in [-0.1, -0.05) is 92.2 Å². The molecule has 4 nitrogen and oxygen atoms in total. The van der Waals surface area contributed by atoms with E-state index >= 15 is 0 Å². The smallest absolute Gasteiger partial charge is 0.392 e. The van der Waals surface area contributed by atoms with Crippen LogP contribution in [0.25, 0.3) is 0 Å². The van der Waals surface area contributed by atoms with Crippen LogP contribution >= 0.6 is 34.2 Å². The fourth-order valence-electron chi connectivity index (χ4n) is 3.98. The van der Waals surface area contributed by atoms with Crippen LogP contribution in [0, 0.1) is 11.8 Å². The quantitative estimate of drug-likeness (QED) is 0.208. The number of nitrogens with one attached hydrogen (secondary N) is 1. The number of halogens is 5. The van der Waals surface area contributed by atoms with E-state index in [4.69, 9.17) is 11.6 Å². The van der Waals surface area contributed by atoms with Crippen LogP contribution in [0.5, 0.6) is 0 Å². The Labute approximate surface area is 222 Å². The van der Waals surface area contributed by atoms with Crippen LogP contribution < -0.4 is 5.32 Å². The molecule has 9 heteroatoms. The third-order valence-electron chi connectivity index (χ3n) is 6.27. The van der Waals surface area contributed by atoms with Gasteiger partial charge in [0, 0.05) is 4.43 Å². The largest absolute Gasteiger partial charge is 0.481 e. The predicted molar refractivity (Wildman–Crippen MR) is 142 cm³/mol. The van der Waals surface area contributed by atoms with Crippen molar-refractivity contribution in [1.29, 1.82) is 0 Å². The van der Waals surface area contributed by atoms with Gasteiger partial charge in [0.2, 0.25) is 5.91 Å². The molecule has 2 unspecified atom stereocenters. The fourth-order valence-corrected chi connectivity index (χ4v) is 4.66. The summed E-state index contributed by atoms with van der Waals surface area (Å²) in [6.07, 6.45) is -4.71. The first-order chi connectivity index (χ1) is 16.3. The van der Waals surface area contributed by atoms with Gasteiger partial charge >= 0.3 is 12.1 Å². The molecule has 2 aromatic carbocycles. The molecule has 0 saturated heterocycles. The summed E-state index contributed by atoms with van der Waals surface area (Å²) in [5, 5.41) is 12.0. The molecule has 0 fully saturated rings. The maximum atomic E-state index is 13.7. The molecule has 0 heterocycles. The van der Waals surface area contributed by atoms with Crippen molar-refractivity contribution in [3.05, 3.63) is 64.2 Å². The van der Waals surface area contributed by atoms with E-state index in [1.54, 1.807) is 36.4 Å². The highest BCUT2D eigenvalue weighted by Gasteiger charge is 2.45. The molecule has 4 atom stereocenters. The lowest BCUT2D eigenvalue weighted by atomic mass is 9.84. The number of rotatable bonds is 10. The number of carbonyl (C=O) groups excluding carboxylic acids is 1. The van der Waals surface area contributed by atoms with Gasteiger partial charge in [0.25, 0.3) is 0 Å². The third kappa shape index (κ3) is 7.84. The Morgan fingerprint density at radius 2 is 1.54 bits per heavy atom. The number of hydrogen-bond donors (Lipinski definition) is 2. The standard InChI is InChI=1S/C26H30ClF3INO3/c1-14(2)20(12-23(33)34)19-9-10-21(27)22(11-19)32-25(35)24(16(4)26(28,29)30)18-7-5-17(6-8-18)15(3)13-31/h5-11,14-16,20,24H,12-13H2,1-4H3,(H,32,35)(H,33,34)/t15?,16-,20?,24+/m1/s1. The molecule has 0 aliphatic heterocycles. The number of aliphatic carboxylic acids is 1. The molecule has 0 bridgehead atoms.